The van der Waals surface area contributed by atoms with Crippen LogP contribution in [0.25, 0.3) is 0 Å². The molecule has 0 bridgehead atoms. The van der Waals surface area contributed by atoms with Crippen LogP contribution >= 0.6 is 15.9 Å². The van der Waals surface area contributed by atoms with Crippen molar-refractivity contribution in [2.24, 2.45) is 0 Å². The van der Waals surface area contributed by atoms with Gasteiger partial charge in [-0.1, -0.05) is 17.3 Å². The van der Waals surface area contributed by atoms with E-state index in [1.165, 1.54) is 16.9 Å². The van der Waals surface area contributed by atoms with Gasteiger partial charge >= 0.3 is 0 Å². The minimum Gasteiger partial charge on any atom is -0.296 e. The SMILES string of the molecule is O=Cc1cn(Cc2cccc([N+](=O)[O-])c2Br)nn1. The molecule has 0 saturated heterocycles. The Morgan fingerprint density at radius 1 is 1.50 bits per heavy atom. The van der Waals surface area contributed by atoms with Crippen molar-refractivity contribution in [3.05, 3.63) is 50.2 Å². The lowest BCUT2D eigenvalue weighted by Crippen LogP contribution is -2.02. The van der Waals surface area contributed by atoms with Crippen molar-refractivity contribution >= 4 is 27.9 Å². The number of halogens is 1. The second kappa shape index (κ2) is 5.05. The number of hydrogen-bond acceptors (Lipinski definition) is 5. The summed E-state index contributed by atoms with van der Waals surface area (Å²) in [6, 6.07) is 4.74. The van der Waals surface area contributed by atoms with E-state index >= 15 is 0 Å². The summed E-state index contributed by atoms with van der Waals surface area (Å²) in [5.74, 6) is 0. The zero-order valence-electron chi connectivity index (χ0n) is 8.99. The van der Waals surface area contributed by atoms with E-state index in [0.29, 0.717) is 22.9 Å². The van der Waals surface area contributed by atoms with Gasteiger partial charge in [-0.25, -0.2) is 4.68 Å². The smallest absolute Gasteiger partial charge is 0.283 e. The number of nitro groups is 1. The number of rotatable bonds is 4. The number of nitrogens with zero attached hydrogens (tertiary/aromatic N) is 4. The molecule has 8 heteroatoms. The van der Waals surface area contributed by atoms with Gasteiger partial charge in [0.2, 0.25) is 0 Å². The summed E-state index contributed by atoms with van der Waals surface area (Å²) < 4.78 is 1.84. The van der Waals surface area contributed by atoms with Gasteiger partial charge in [-0.3, -0.25) is 14.9 Å². The number of carbonyl (C=O) groups is 1. The van der Waals surface area contributed by atoms with Crippen LogP contribution < -0.4 is 0 Å². The van der Waals surface area contributed by atoms with Gasteiger partial charge in [-0.05, 0) is 21.5 Å². The molecule has 92 valence electrons. The molecule has 0 aliphatic carbocycles. The summed E-state index contributed by atoms with van der Waals surface area (Å²) in [7, 11) is 0. The standard InChI is InChI=1S/C10H7BrN4O3/c11-10-7(2-1-3-9(10)15(17)18)4-14-5-8(6-16)12-13-14/h1-3,5-6H,4H2. The molecule has 2 aromatic rings. The second-order valence-electron chi connectivity index (χ2n) is 3.47. The highest BCUT2D eigenvalue weighted by Crippen LogP contribution is 2.28. The van der Waals surface area contributed by atoms with Crippen molar-refractivity contribution in [3.63, 3.8) is 0 Å². The molecular weight excluding hydrogens is 304 g/mol. The van der Waals surface area contributed by atoms with Crippen LogP contribution in [0.2, 0.25) is 0 Å². The first-order chi connectivity index (χ1) is 8.61. The van der Waals surface area contributed by atoms with Crippen molar-refractivity contribution in [2.45, 2.75) is 6.54 Å². The Kier molecular flexibility index (Phi) is 3.47. The molecule has 2 rings (SSSR count). The van der Waals surface area contributed by atoms with Gasteiger partial charge in [0.15, 0.2) is 6.29 Å². The van der Waals surface area contributed by atoms with Gasteiger partial charge in [-0.15, -0.1) is 5.10 Å². The molecule has 0 aliphatic rings. The number of benzene rings is 1. The van der Waals surface area contributed by atoms with E-state index in [4.69, 9.17) is 0 Å². The lowest BCUT2D eigenvalue weighted by atomic mass is 10.2. The lowest BCUT2D eigenvalue weighted by Gasteiger charge is -2.04. The van der Waals surface area contributed by atoms with Crippen molar-refractivity contribution < 1.29 is 9.72 Å². The molecule has 0 unspecified atom stereocenters. The Labute approximate surface area is 110 Å². The third-order valence-corrected chi connectivity index (χ3v) is 3.18. The molecule has 1 heterocycles. The fourth-order valence-corrected chi connectivity index (χ4v) is 1.98. The highest BCUT2D eigenvalue weighted by atomic mass is 79.9. The summed E-state index contributed by atoms with van der Waals surface area (Å²) in [5, 5.41) is 18.1. The average Bonchev–Trinajstić information content (AvgIpc) is 2.79. The molecule has 0 saturated carbocycles. The second-order valence-corrected chi connectivity index (χ2v) is 4.26. The molecule has 18 heavy (non-hydrogen) atoms. The van der Waals surface area contributed by atoms with E-state index in [9.17, 15) is 14.9 Å². The maximum atomic E-state index is 10.8. The largest absolute Gasteiger partial charge is 0.296 e. The molecule has 0 spiro atoms. The molecular formula is C10H7BrN4O3. The highest BCUT2D eigenvalue weighted by molar-refractivity contribution is 9.10. The van der Waals surface area contributed by atoms with Crippen molar-refractivity contribution in [3.8, 4) is 0 Å². The summed E-state index contributed by atoms with van der Waals surface area (Å²) in [4.78, 5) is 20.8. The van der Waals surface area contributed by atoms with Gasteiger partial charge in [0.1, 0.15) is 10.2 Å². The molecule has 1 aromatic carbocycles. The van der Waals surface area contributed by atoms with Crippen LogP contribution in [0.3, 0.4) is 0 Å². The van der Waals surface area contributed by atoms with Gasteiger partial charge in [-0.2, -0.15) is 0 Å². The van der Waals surface area contributed by atoms with Gasteiger partial charge in [0.05, 0.1) is 17.7 Å². The molecule has 0 atom stereocenters. The van der Waals surface area contributed by atoms with Crippen LogP contribution in [-0.2, 0) is 6.54 Å². The first kappa shape index (κ1) is 12.4. The predicted molar refractivity (Wildman–Crippen MR) is 65.3 cm³/mol. The summed E-state index contributed by atoms with van der Waals surface area (Å²) in [6.07, 6.45) is 2.06. The summed E-state index contributed by atoms with van der Waals surface area (Å²) in [5.41, 5.74) is 0.895. The van der Waals surface area contributed by atoms with Crippen molar-refractivity contribution in [1.29, 1.82) is 0 Å². The third kappa shape index (κ3) is 2.43. The minimum atomic E-state index is -0.466. The van der Waals surface area contributed by atoms with Crippen LogP contribution in [0.15, 0.2) is 28.9 Å². The number of carbonyl (C=O) groups excluding carboxylic acids is 1. The number of hydrogen-bond donors (Lipinski definition) is 0. The number of aldehydes is 1. The van der Waals surface area contributed by atoms with E-state index < -0.39 is 4.92 Å². The summed E-state index contributed by atoms with van der Waals surface area (Å²) >= 11 is 3.19. The molecule has 0 fully saturated rings. The predicted octanol–water partition coefficient (Wildman–Crippen LogP) is 1.81. The molecule has 7 nitrogen and oxygen atoms in total. The molecule has 0 N–H and O–H groups in total. The van der Waals surface area contributed by atoms with Crippen LogP contribution in [-0.4, -0.2) is 26.2 Å². The Bertz CT molecular complexity index is 611. The van der Waals surface area contributed by atoms with Gasteiger partial charge < -0.3 is 0 Å². The fourth-order valence-electron chi connectivity index (χ4n) is 1.45. The van der Waals surface area contributed by atoms with Crippen LogP contribution in [0.5, 0.6) is 0 Å². The molecule has 1 aromatic heterocycles. The zero-order chi connectivity index (χ0) is 13.1. The van der Waals surface area contributed by atoms with E-state index in [0.717, 1.165) is 0 Å². The van der Waals surface area contributed by atoms with E-state index in [1.54, 1.807) is 12.1 Å². The van der Waals surface area contributed by atoms with E-state index in [2.05, 4.69) is 26.2 Å². The number of aromatic nitrogens is 3. The third-order valence-electron chi connectivity index (χ3n) is 2.26. The molecule has 0 radical (unpaired) electrons. The fraction of sp³-hybridized carbons (Fsp3) is 0.100. The van der Waals surface area contributed by atoms with Crippen LogP contribution in [0, 0.1) is 10.1 Å². The maximum Gasteiger partial charge on any atom is 0.283 e. The summed E-state index contributed by atoms with van der Waals surface area (Å²) in [6.45, 7) is 0.295. The Balaban J connectivity index is 2.31. The monoisotopic (exact) mass is 310 g/mol. The van der Waals surface area contributed by atoms with Crippen LogP contribution in [0.1, 0.15) is 16.1 Å². The lowest BCUT2D eigenvalue weighted by molar-refractivity contribution is -0.385. The first-order valence-corrected chi connectivity index (χ1v) is 5.68. The Hall–Kier alpha value is -2.09. The number of nitro benzene ring substituents is 1. The van der Waals surface area contributed by atoms with Crippen molar-refractivity contribution in [2.75, 3.05) is 0 Å². The van der Waals surface area contributed by atoms with Gasteiger partial charge in [0, 0.05) is 6.07 Å². The minimum absolute atomic E-state index is 0.0109. The topological polar surface area (TPSA) is 90.9 Å². The Morgan fingerprint density at radius 3 is 2.89 bits per heavy atom. The Morgan fingerprint density at radius 2 is 2.28 bits per heavy atom. The van der Waals surface area contributed by atoms with E-state index in [-0.39, 0.29) is 11.4 Å². The molecule has 0 aliphatic heterocycles. The highest BCUT2D eigenvalue weighted by Gasteiger charge is 2.15. The normalized spacial score (nSPS) is 10.3. The molecule has 0 amide bonds. The van der Waals surface area contributed by atoms with Crippen LogP contribution in [0.4, 0.5) is 5.69 Å². The maximum absolute atomic E-state index is 10.8. The van der Waals surface area contributed by atoms with Gasteiger partial charge in [0.25, 0.3) is 5.69 Å². The van der Waals surface area contributed by atoms with Crippen molar-refractivity contribution in [1.82, 2.24) is 15.0 Å². The first-order valence-electron chi connectivity index (χ1n) is 4.89. The quantitative estimate of drug-likeness (QED) is 0.488. The average molecular weight is 311 g/mol. The van der Waals surface area contributed by atoms with E-state index in [1.807, 2.05) is 0 Å². The zero-order valence-corrected chi connectivity index (χ0v) is 10.6.